The summed E-state index contributed by atoms with van der Waals surface area (Å²) >= 11 is 0. The second-order valence-electron chi connectivity index (χ2n) is 10.7. The van der Waals surface area contributed by atoms with E-state index in [0.717, 1.165) is 54.5 Å². The molecule has 0 bridgehead atoms. The van der Waals surface area contributed by atoms with Crippen LogP contribution in [0.15, 0.2) is 55.2 Å². The van der Waals surface area contributed by atoms with E-state index in [-0.39, 0.29) is 11.3 Å². The molecule has 8 nitrogen and oxygen atoms in total. The normalized spacial score (nSPS) is 21.8. The molecule has 36 heavy (non-hydrogen) atoms. The number of fused-ring (bicyclic) bond motifs is 1. The van der Waals surface area contributed by atoms with Crippen molar-refractivity contribution in [3.8, 4) is 0 Å². The minimum Gasteiger partial charge on any atom is -0.322 e. The lowest BCUT2D eigenvalue weighted by Gasteiger charge is -2.46. The summed E-state index contributed by atoms with van der Waals surface area (Å²) in [5.41, 5.74) is 4.08. The number of carbonyl (C=O) groups is 1. The van der Waals surface area contributed by atoms with Gasteiger partial charge in [0.2, 0.25) is 0 Å². The number of hydrogen-bond acceptors (Lipinski definition) is 5. The molecule has 0 radical (unpaired) electrons. The van der Waals surface area contributed by atoms with Crippen LogP contribution in [0.25, 0.3) is 5.65 Å². The summed E-state index contributed by atoms with van der Waals surface area (Å²) in [7, 11) is 2.00. The van der Waals surface area contributed by atoms with Gasteiger partial charge in [0, 0.05) is 37.9 Å². The predicted octanol–water partition coefficient (Wildman–Crippen LogP) is 4.32. The Labute approximate surface area is 211 Å². The van der Waals surface area contributed by atoms with E-state index in [4.69, 9.17) is 0 Å². The number of pyridine rings is 1. The van der Waals surface area contributed by atoms with Crippen molar-refractivity contribution in [2.75, 3.05) is 11.9 Å². The van der Waals surface area contributed by atoms with E-state index in [1.807, 2.05) is 40.4 Å². The molecule has 3 heterocycles. The van der Waals surface area contributed by atoms with Gasteiger partial charge < -0.3 is 19.6 Å². The molecule has 1 aromatic carbocycles. The second kappa shape index (κ2) is 9.17. The molecule has 8 heteroatoms. The third kappa shape index (κ3) is 4.09. The maximum absolute atomic E-state index is 13.5. The first-order chi connectivity index (χ1) is 17.5. The summed E-state index contributed by atoms with van der Waals surface area (Å²) in [4.78, 5) is 17.9. The molecule has 2 aliphatic rings. The Bertz CT molecular complexity index is 1390. The van der Waals surface area contributed by atoms with Crippen LogP contribution in [-0.4, -0.2) is 36.6 Å². The summed E-state index contributed by atoms with van der Waals surface area (Å²) in [5.74, 6) is 2.24. The zero-order valence-electron chi connectivity index (χ0n) is 20.9. The first-order valence-corrected chi connectivity index (χ1v) is 12.9. The van der Waals surface area contributed by atoms with Crippen LogP contribution < -0.4 is 10.6 Å². The Hall–Kier alpha value is -3.52. The summed E-state index contributed by atoms with van der Waals surface area (Å²) in [6.45, 7) is 4.03. The number of amides is 1. The van der Waals surface area contributed by atoms with Gasteiger partial charge in [0.05, 0.1) is 11.0 Å². The SMILES string of the molecule is CC1CC(c2cccc(NC(=O)c3cc(CNCC4CCC4)cn4ccnc34)c2)(c2nncn2C)C1. The van der Waals surface area contributed by atoms with Crippen molar-refractivity contribution in [3.05, 3.63) is 77.8 Å². The van der Waals surface area contributed by atoms with Gasteiger partial charge in [-0.25, -0.2) is 4.98 Å². The van der Waals surface area contributed by atoms with Crippen LogP contribution in [0, 0.1) is 11.8 Å². The van der Waals surface area contributed by atoms with Crippen molar-refractivity contribution < 1.29 is 4.79 Å². The van der Waals surface area contributed by atoms with Crippen molar-refractivity contribution in [1.29, 1.82) is 0 Å². The molecule has 186 valence electrons. The maximum Gasteiger partial charge on any atom is 0.259 e. The fourth-order valence-corrected chi connectivity index (χ4v) is 5.96. The molecule has 2 aliphatic carbocycles. The predicted molar refractivity (Wildman–Crippen MR) is 139 cm³/mol. The van der Waals surface area contributed by atoms with Crippen LogP contribution in [0.1, 0.15) is 66.3 Å². The number of imidazole rings is 1. The molecule has 0 unspecified atom stereocenters. The number of aromatic nitrogens is 5. The van der Waals surface area contributed by atoms with Crippen molar-refractivity contribution >= 4 is 17.2 Å². The van der Waals surface area contributed by atoms with Gasteiger partial charge in [-0.2, -0.15) is 0 Å². The van der Waals surface area contributed by atoms with Gasteiger partial charge in [-0.15, -0.1) is 10.2 Å². The molecular formula is C28H33N7O. The van der Waals surface area contributed by atoms with Crippen molar-refractivity contribution in [3.63, 3.8) is 0 Å². The fraction of sp³-hybridized carbons (Fsp3) is 0.429. The van der Waals surface area contributed by atoms with Crippen LogP contribution in [0.4, 0.5) is 5.69 Å². The number of nitrogens with one attached hydrogen (secondary N) is 2. The molecule has 0 saturated heterocycles. The number of nitrogens with zero attached hydrogens (tertiary/aromatic N) is 5. The lowest BCUT2D eigenvalue weighted by molar-refractivity contribution is 0.102. The molecule has 2 saturated carbocycles. The third-order valence-electron chi connectivity index (χ3n) is 7.98. The van der Waals surface area contributed by atoms with E-state index in [0.29, 0.717) is 17.1 Å². The highest BCUT2D eigenvalue weighted by Crippen LogP contribution is 2.51. The highest BCUT2D eigenvalue weighted by atomic mass is 16.1. The van der Waals surface area contributed by atoms with Crippen LogP contribution in [0.5, 0.6) is 0 Å². The third-order valence-corrected chi connectivity index (χ3v) is 7.98. The van der Waals surface area contributed by atoms with Gasteiger partial charge in [-0.1, -0.05) is 25.5 Å². The second-order valence-corrected chi connectivity index (χ2v) is 10.7. The van der Waals surface area contributed by atoms with Gasteiger partial charge in [-0.3, -0.25) is 4.79 Å². The molecule has 4 aromatic rings. The highest BCUT2D eigenvalue weighted by Gasteiger charge is 2.48. The average Bonchev–Trinajstić information content (AvgIpc) is 3.47. The Morgan fingerprint density at radius 2 is 2.08 bits per heavy atom. The Kier molecular flexibility index (Phi) is 5.84. The summed E-state index contributed by atoms with van der Waals surface area (Å²) in [6.07, 6.45) is 13.5. The fourth-order valence-electron chi connectivity index (χ4n) is 5.96. The van der Waals surface area contributed by atoms with Gasteiger partial charge in [-0.05, 0) is 73.4 Å². The van der Waals surface area contributed by atoms with Crippen LogP contribution in [0.2, 0.25) is 0 Å². The Morgan fingerprint density at radius 1 is 1.22 bits per heavy atom. The van der Waals surface area contributed by atoms with Gasteiger partial charge >= 0.3 is 0 Å². The molecule has 0 aliphatic heterocycles. The van der Waals surface area contributed by atoms with E-state index < -0.39 is 0 Å². The zero-order chi connectivity index (χ0) is 24.7. The number of hydrogen-bond donors (Lipinski definition) is 2. The molecule has 1 amide bonds. The number of carbonyl (C=O) groups excluding carboxylic acids is 1. The molecular weight excluding hydrogens is 450 g/mol. The molecule has 6 rings (SSSR count). The van der Waals surface area contributed by atoms with Crippen LogP contribution in [0.3, 0.4) is 0 Å². The van der Waals surface area contributed by atoms with Gasteiger partial charge in [0.25, 0.3) is 5.91 Å². The van der Waals surface area contributed by atoms with Gasteiger partial charge in [0.15, 0.2) is 0 Å². The number of rotatable bonds is 8. The van der Waals surface area contributed by atoms with E-state index in [9.17, 15) is 4.79 Å². The molecule has 0 spiro atoms. The lowest BCUT2D eigenvalue weighted by Crippen LogP contribution is -2.43. The average molecular weight is 484 g/mol. The summed E-state index contributed by atoms with van der Waals surface area (Å²) in [6, 6.07) is 10.1. The molecule has 2 N–H and O–H groups in total. The van der Waals surface area contributed by atoms with Crippen LogP contribution >= 0.6 is 0 Å². The largest absolute Gasteiger partial charge is 0.322 e. The smallest absolute Gasteiger partial charge is 0.259 e. The van der Waals surface area contributed by atoms with Crippen molar-refractivity contribution in [2.24, 2.45) is 18.9 Å². The summed E-state index contributed by atoms with van der Waals surface area (Å²) < 4.78 is 3.95. The number of benzene rings is 1. The zero-order valence-corrected chi connectivity index (χ0v) is 20.9. The first-order valence-electron chi connectivity index (χ1n) is 12.9. The Morgan fingerprint density at radius 3 is 2.81 bits per heavy atom. The molecule has 2 fully saturated rings. The standard InChI is InChI=1S/C28H33N7O/c1-19-13-28(14-19,27-33-31-18-34(27)2)22-7-4-8-23(12-22)32-26(36)24-11-21(16-29-15-20-5-3-6-20)17-35-10-9-30-25(24)35/h4,7-12,17-20,29H,3,5-6,13-16H2,1-2H3,(H,32,36). The van der Waals surface area contributed by atoms with Crippen molar-refractivity contribution in [2.45, 2.75) is 51.0 Å². The van der Waals surface area contributed by atoms with Crippen LogP contribution in [-0.2, 0) is 19.0 Å². The number of anilines is 1. The molecule has 0 atom stereocenters. The minimum absolute atomic E-state index is 0.154. The van der Waals surface area contributed by atoms with E-state index in [2.05, 4.69) is 51.1 Å². The Balaban J connectivity index is 1.25. The highest BCUT2D eigenvalue weighted by molar-refractivity contribution is 6.08. The van der Waals surface area contributed by atoms with Crippen molar-refractivity contribution in [1.82, 2.24) is 29.5 Å². The summed E-state index contributed by atoms with van der Waals surface area (Å²) in [5, 5.41) is 15.3. The topological polar surface area (TPSA) is 89.1 Å². The monoisotopic (exact) mass is 483 g/mol. The quantitative estimate of drug-likeness (QED) is 0.390. The van der Waals surface area contributed by atoms with E-state index >= 15 is 0 Å². The van der Waals surface area contributed by atoms with E-state index in [1.54, 1.807) is 12.5 Å². The molecule has 3 aromatic heterocycles. The minimum atomic E-state index is -0.173. The maximum atomic E-state index is 13.5. The number of aryl methyl sites for hydroxylation is 1. The van der Waals surface area contributed by atoms with Gasteiger partial charge in [0.1, 0.15) is 17.8 Å². The lowest BCUT2D eigenvalue weighted by atomic mass is 9.58. The van der Waals surface area contributed by atoms with E-state index in [1.165, 1.54) is 19.3 Å². The first kappa shape index (κ1) is 22.9.